The summed E-state index contributed by atoms with van der Waals surface area (Å²) in [4.78, 5) is 0. The Morgan fingerprint density at radius 2 is 1.11 bits per heavy atom. The lowest BCUT2D eigenvalue weighted by Crippen LogP contribution is -2.25. The Morgan fingerprint density at radius 1 is 0.574 bits per heavy atom. The van der Waals surface area contributed by atoms with Gasteiger partial charge in [-0.3, -0.25) is 0 Å². The van der Waals surface area contributed by atoms with Crippen LogP contribution in [0.3, 0.4) is 0 Å². The summed E-state index contributed by atoms with van der Waals surface area (Å²) < 4.78 is 136. The Labute approximate surface area is 269 Å². The first-order chi connectivity index (χ1) is 22.3. The highest BCUT2D eigenvalue weighted by Gasteiger charge is 2.42. The molecule has 0 radical (unpaired) electrons. The molecule has 0 aliphatic rings. The van der Waals surface area contributed by atoms with Crippen molar-refractivity contribution < 1.29 is 44.3 Å². The molecule has 0 N–H and O–H groups in total. The molecular formula is C36H24ClF9O. The monoisotopic (exact) mass is 678 g/mol. The number of hydrogen-bond acceptors (Lipinski definition) is 1. The standard InChI is InChI=1S/C36H24ClF9O/c1-2-3-4-5-19-6-8-20(9-7-19)21-10-11-25(26(38)12-21)22-13-27(39)33(28(40)14-22)23-15-29(41)34(30(42)16-23)36(45,46)47-24-17-31(43)35(37)32(44)18-24/h6-18H,2-5H2,1H3. The molecular weight excluding hydrogens is 655 g/mol. The number of alkyl halides is 2. The van der Waals surface area contributed by atoms with Crippen LogP contribution in [0.5, 0.6) is 5.75 Å². The molecule has 1 nitrogen and oxygen atoms in total. The van der Waals surface area contributed by atoms with Crippen LogP contribution in [0.1, 0.15) is 37.3 Å². The van der Waals surface area contributed by atoms with Crippen LogP contribution in [0, 0.1) is 40.7 Å². The fourth-order valence-electron chi connectivity index (χ4n) is 5.16. The van der Waals surface area contributed by atoms with Crippen LogP contribution in [0.25, 0.3) is 33.4 Å². The molecule has 0 saturated heterocycles. The summed E-state index contributed by atoms with van der Waals surface area (Å²) in [6.45, 7) is 2.12. The van der Waals surface area contributed by atoms with Crippen molar-refractivity contribution in [3.05, 3.63) is 136 Å². The van der Waals surface area contributed by atoms with E-state index >= 15 is 13.2 Å². The lowest BCUT2D eigenvalue weighted by Gasteiger charge is -2.20. The van der Waals surface area contributed by atoms with Crippen molar-refractivity contribution in [2.75, 3.05) is 0 Å². The van der Waals surface area contributed by atoms with Crippen LogP contribution in [0.2, 0.25) is 5.02 Å². The summed E-state index contributed by atoms with van der Waals surface area (Å²) in [6.07, 6.45) is -0.619. The van der Waals surface area contributed by atoms with Gasteiger partial charge in [0, 0.05) is 17.7 Å². The third-order valence-electron chi connectivity index (χ3n) is 7.50. The predicted molar refractivity (Wildman–Crippen MR) is 162 cm³/mol. The van der Waals surface area contributed by atoms with E-state index in [0.29, 0.717) is 5.56 Å². The molecule has 0 aliphatic heterocycles. The number of aryl methyl sites for hydroxylation is 1. The number of halogens is 10. The number of rotatable bonds is 10. The fourth-order valence-corrected chi connectivity index (χ4v) is 5.27. The summed E-state index contributed by atoms with van der Waals surface area (Å²) in [6, 6.07) is 14.3. The largest absolute Gasteiger partial charge is 0.432 e. The molecule has 0 amide bonds. The zero-order valence-corrected chi connectivity index (χ0v) is 25.3. The molecule has 47 heavy (non-hydrogen) atoms. The topological polar surface area (TPSA) is 9.23 Å². The van der Waals surface area contributed by atoms with E-state index in [1.54, 1.807) is 6.07 Å². The van der Waals surface area contributed by atoms with Crippen LogP contribution in [0.15, 0.2) is 78.9 Å². The van der Waals surface area contributed by atoms with Gasteiger partial charge in [0.05, 0.1) is 5.56 Å². The summed E-state index contributed by atoms with van der Waals surface area (Å²) in [5, 5.41) is -1.02. The highest BCUT2D eigenvalue weighted by atomic mass is 35.5. The van der Waals surface area contributed by atoms with Crippen LogP contribution in [0.4, 0.5) is 39.5 Å². The molecule has 244 valence electrons. The Balaban J connectivity index is 1.41. The fraction of sp³-hybridized carbons (Fsp3) is 0.167. The molecule has 0 bridgehead atoms. The Bertz CT molecular complexity index is 1870. The molecule has 0 fully saturated rings. The van der Waals surface area contributed by atoms with Gasteiger partial charge in [-0.15, -0.1) is 0 Å². The van der Waals surface area contributed by atoms with Crippen LogP contribution in [-0.2, 0) is 12.5 Å². The maximum absolute atomic E-state index is 15.2. The molecule has 0 spiro atoms. The summed E-state index contributed by atoms with van der Waals surface area (Å²) in [5.74, 6) is -11.5. The van der Waals surface area contributed by atoms with E-state index in [4.69, 9.17) is 11.6 Å². The van der Waals surface area contributed by atoms with Gasteiger partial charge in [0.1, 0.15) is 57.1 Å². The van der Waals surface area contributed by atoms with Crippen molar-refractivity contribution in [2.24, 2.45) is 0 Å². The maximum Gasteiger partial charge on any atom is 0.432 e. The van der Waals surface area contributed by atoms with Gasteiger partial charge in [0.15, 0.2) is 0 Å². The van der Waals surface area contributed by atoms with Crippen molar-refractivity contribution in [3.8, 4) is 39.1 Å². The quantitative estimate of drug-likeness (QED) is 0.0811. The van der Waals surface area contributed by atoms with Gasteiger partial charge in [-0.25, -0.2) is 30.7 Å². The Kier molecular flexibility index (Phi) is 9.91. The Hall–Kier alpha value is -4.44. The molecule has 5 rings (SSSR count). The van der Waals surface area contributed by atoms with Crippen molar-refractivity contribution in [1.82, 2.24) is 0 Å². The van der Waals surface area contributed by atoms with Gasteiger partial charge in [0.25, 0.3) is 0 Å². The second-order valence-electron chi connectivity index (χ2n) is 10.8. The average molecular weight is 679 g/mol. The third kappa shape index (κ3) is 7.27. The summed E-state index contributed by atoms with van der Waals surface area (Å²) >= 11 is 5.30. The molecule has 0 saturated carbocycles. The van der Waals surface area contributed by atoms with Gasteiger partial charge in [0.2, 0.25) is 0 Å². The average Bonchev–Trinajstić information content (AvgIpc) is 2.99. The summed E-state index contributed by atoms with van der Waals surface area (Å²) in [5.41, 5.74) is -1.72. The lowest BCUT2D eigenvalue weighted by molar-refractivity contribution is -0.189. The molecule has 11 heteroatoms. The van der Waals surface area contributed by atoms with Crippen molar-refractivity contribution in [3.63, 3.8) is 0 Å². The molecule has 0 atom stereocenters. The number of unbranched alkanes of at least 4 members (excludes halogenated alkanes) is 2. The normalized spacial score (nSPS) is 11.6. The number of benzene rings is 5. The van der Waals surface area contributed by atoms with E-state index in [-0.39, 0.29) is 35.4 Å². The highest BCUT2D eigenvalue weighted by Crippen LogP contribution is 2.40. The second-order valence-corrected chi connectivity index (χ2v) is 11.2. The van der Waals surface area contributed by atoms with Crippen LogP contribution >= 0.6 is 11.6 Å². The molecule has 0 aliphatic carbocycles. The first-order valence-electron chi connectivity index (χ1n) is 14.4. The smallest absolute Gasteiger partial charge is 0.429 e. The van der Waals surface area contributed by atoms with Crippen molar-refractivity contribution in [1.29, 1.82) is 0 Å². The van der Waals surface area contributed by atoms with Crippen LogP contribution < -0.4 is 4.74 Å². The highest BCUT2D eigenvalue weighted by molar-refractivity contribution is 6.30. The number of hydrogen-bond donors (Lipinski definition) is 0. The Morgan fingerprint density at radius 3 is 1.66 bits per heavy atom. The molecule has 0 heterocycles. The van der Waals surface area contributed by atoms with Gasteiger partial charge in [-0.1, -0.05) is 67.8 Å². The predicted octanol–water partition coefficient (Wildman–Crippen LogP) is 12.2. The SMILES string of the molecule is CCCCCc1ccc(-c2ccc(-c3cc(F)c(-c4cc(F)c(C(F)(F)Oc5cc(F)c(Cl)c(F)c5)c(F)c4)c(F)c3)c(F)c2)cc1. The lowest BCUT2D eigenvalue weighted by atomic mass is 9.95. The van der Waals surface area contributed by atoms with E-state index in [1.165, 1.54) is 12.1 Å². The number of ether oxygens (including phenoxy) is 1. The third-order valence-corrected chi connectivity index (χ3v) is 7.86. The van der Waals surface area contributed by atoms with E-state index in [0.717, 1.165) is 48.9 Å². The van der Waals surface area contributed by atoms with Gasteiger partial charge < -0.3 is 4.74 Å². The molecule has 5 aromatic carbocycles. The minimum absolute atomic E-state index is 0.158. The van der Waals surface area contributed by atoms with Crippen molar-refractivity contribution in [2.45, 2.75) is 38.7 Å². The van der Waals surface area contributed by atoms with Gasteiger partial charge in [-0.05, 0) is 71.0 Å². The minimum Gasteiger partial charge on any atom is -0.429 e. The van der Waals surface area contributed by atoms with E-state index in [9.17, 15) is 26.3 Å². The van der Waals surface area contributed by atoms with Crippen molar-refractivity contribution >= 4 is 11.6 Å². The molecule has 0 aromatic heterocycles. The van der Waals surface area contributed by atoms with E-state index in [1.807, 2.05) is 24.3 Å². The molecule has 5 aromatic rings. The van der Waals surface area contributed by atoms with E-state index in [2.05, 4.69) is 11.7 Å². The zero-order valence-electron chi connectivity index (χ0n) is 24.5. The zero-order chi connectivity index (χ0) is 34.0. The first kappa shape index (κ1) is 33.9. The maximum atomic E-state index is 15.2. The molecule has 0 unspecified atom stereocenters. The summed E-state index contributed by atoms with van der Waals surface area (Å²) in [7, 11) is 0. The van der Waals surface area contributed by atoms with Crippen LogP contribution in [-0.4, -0.2) is 0 Å². The first-order valence-corrected chi connectivity index (χ1v) is 14.8. The van der Waals surface area contributed by atoms with Gasteiger partial charge >= 0.3 is 6.11 Å². The minimum atomic E-state index is -4.82. The van der Waals surface area contributed by atoms with E-state index < -0.39 is 74.3 Å². The van der Waals surface area contributed by atoms with Gasteiger partial charge in [-0.2, -0.15) is 8.78 Å². The second kappa shape index (κ2) is 13.7.